The van der Waals surface area contributed by atoms with Crippen molar-refractivity contribution in [1.82, 2.24) is 4.90 Å². The van der Waals surface area contributed by atoms with Gasteiger partial charge in [-0.05, 0) is 25.8 Å². The molecule has 12 heavy (non-hydrogen) atoms. The van der Waals surface area contributed by atoms with Gasteiger partial charge in [0, 0.05) is 6.54 Å². The predicted molar refractivity (Wildman–Crippen MR) is 40.9 cm³/mol. The van der Waals surface area contributed by atoms with Gasteiger partial charge in [-0.3, -0.25) is 4.90 Å². The largest absolute Gasteiger partial charge is 0.403 e. The van der Waals surface area contributed by atoms with Crippen LogP contribution in [0, 0.1) is 5.92 Å². The lowest BCUT2D eigenvalue weighted by Gasteiger charge is -2.25. The highest BCUT2D eigenvalue weighted by atomic mass is 19.4. The van der Waals surface area contributed by atoms with E-state index in [4.69, 9.17) is 0 Å². The molecule has 0 spiro atoms. The zero-order valence-corrected chi connectivity index (χ0v) is 7.36. The summed E-state index contributed by atoms with van der Waals surface area (Å²) < 4.78 is 36.6. The molecule has 1 heterocycles. The summed E-state index contributed by atoms with van der Waals surface area (Å²) in [6.45, 7) is 4.39. The van der Waals surface area contributed by atoms with Gasteiger partial charge < -0.3 is 0 Å². The van der Waals surface area contributed by atoms with Gasteiger partial charge in [0.2, 0.25) is 0 Å². The van der Waals surface area contributed by atoms with Crippen molar-refractivity contribution in [3.8, 4) is 0 Å². The molecule has 4 heteroatoms. The van der Waals surface area contributed by atoms with E-state index in [2.05, 4.69) is 0 Å². The van der Waals surface area contributed by atoms with Crippen LogP contribution in [0.15, 0.2) is 0 Å². The number of nitrogens with zero attached hydrogens (tertiary/aromatic N) is 1. The average Bonchev–Trinajstić information content (AvgIpc) is 2.32. The lowest BCUT2D eigenvalue weighted by atomic mass is 10.2. The molecule has 0 saturated carbocycles. The maximum absolute atomic E-state index is 12.2. The second-order valence-corrected chi connectivity index (χ2v) is 3.61. The summed E-state index contributed by atoms with van der Waals surface area (Å²) >= 11 is 0. The summed E-state index contributed by atoms with van der Waals surface area (Å²) in [5.74, 6) is 0.412. The first-order valence-corrected chi connectivity index (χ1v) is 4.22. The topological polar surface area (TPSA) is 3.24 Å². The first-order chi connectivity index (χ1) is 5.41. The summed E-state index contributed by atoms with van der Waals surface area (Å²) in [5.41, 5.74) is 0. The Morgan fingerprint density at radius 1 is 1.42 bits per heavy atom. The zero-order chi connectivity index (χ0) is 9.35. The SMILES string of the molecule is CC1CCN(C(C)C(F)(F)F)C1. The van der Waals surface area contributed by atoms with Crippen molar-refractivity contribution in [2.45, 2.75) is 32.5 Å². The Morgan fingerprint density at radius 2 is 2.00 bits per heavy atom. The van der Waals surface area contributed by atoms with Crippen molar-refractivity contribution in [2.24, 2.45) is 5.92 Å². The third-order valence-corrected chi connectivity index (χ3v) is 2.48. The van der Waals surface area contributed by atoms with Gasteiger partial charge in [0.25, 0.3) is 0 Å². The molecule has 0 aliphatic carbocycles. The normalized spacial score (nSPS) is 29.2. The predicted octanol–water partition coefficient (Wildman–Crippen LogP) is 2.28. The quantitative estimate of drug-likeness (QED) is 0.599. The molecule has 0 N–H and O–H groups in total. The van der Waals surface area contributed by atoms with E-state index in [1.165, 1.54) is 11.8 Å². The summed E-state index contributed by atoms with van der Waals surface area (Å²) in [6.07, 6.45) is -3.18. The highest BCUT2D eigenvalue weighted by molar-refractivity contribution is 4.80. The summed E-state index contributed by atoms with van der Waals surface area (Å²) in [6, 6.07) is -1.28. The Bertz CT molecular complexity index is 155. The smallest absolute Gasteiger partial charge is 0.292 e. The number of rotatable bonds is 1. The molecule has 2 unspecified atom stereocenters. The number of alkyl halides is 3. The molecule has 0 amide bonds. The Labute approximate surface area is 70.5 Å². The Kier molecular flexibility index (Phi) is 2.66. The van der Waals surface area contributed by atoms with Gasteiger partial charge in [0.1, 0.15) is 6.04 Å². The highest BCUT2D eigenvalue weighted by Gasteiger charge is 2.41. The van der Waals surface area contributed by atoms with Crippen LogP contribution < -0.4 is 0 Å². The lowest BCUT2D eigenvalue weighted by molar-refractivity contribution is -0.176. The molecule has 0 radical (unpaired) electrons. The van der Waals surface area contributed by atoms with Gasteiger partial charge >= 0.3 is 6.18 Å². The fraction of sp³-hybridized carbons (Fsp3) is 1.00. The third kappa shape index (κ3) is 2.12. The molecule has 1 aliphatic rings. The molecular formula is C8H14F3N. The van der Waals surface area contributed by atoms with Crippen LogP contribution in [0.25, 0.3) is 0 Å². The monoisotopic (exact) mass is 181 g/mol. The molecule has 0 aromatic rings. The third-order valence-electron chi connectivity index (χ3n) is 2.48. The van der Waals surface area contributed by atoms with Gasteiger partial charge in [-0.15, -0.1) is 0 Å². The van der Waals surface area contributed by atoms with E-state index in [-0.39, 0.29) is 0 Å². The summed E-state index contributed by atoms with van der Waals surface area (Å²) in [4.78, 5) is 1.50. The van der Waals surface area contributed by atoms with Crippen LogP contribution in [0.5, 0.6) is 0 Å². The molecule has 1 fully saturated rings. The van der Waals surface area contributed by atoms with E-state index in [0.717, 1.165) is 6.42 Å². The summed E-state index contributed by atoms with van der Waals surface area (Å²) in [5, 5.41) is 0. The van der Waals surface area contributed by atoms with Crippen molar-refractivity contribution >= 4 is 0 Å². The molecular weight excluding hydrogens is 167 g/mol. The van der Waals surface area contributed by atoms with Crippen molar-refractivity contribution in [3.05, 3.63) is 0 Å². The second kappa shape index (κ2) is 3.24. The number of hydrogen-bond donors (Lipinski definition) is 0. The van der Waals surface area contributed by atoms with Crippen molar-refractivity contribution < 1.29 is 13.2 Å². The van der Waals surface area contributed by atoms with E-state index in [1.807, 2.05) is 6.92 Å². The molecule has 0 aromatic heterocycles. The average molecular weight is 181 g/mol. The molecule has 72 valence electrons. The van der Waals surface area contributed by atoms with Crippen LogP contribution in [0.4, 0.5) is 13.2 Å². The van der Waals surface area contributed by atoms with Crippen LogP contribution >= 0.6 is 0 Å². The molecule has 0 bridgehead atoms. The van der Waals surface area contributed by atoms with Gasteiger partial charge in [0.15, 0.2) is 0 Å². The number of hydrogen-bond acceptors (Lipinski definition) is 1. The fourth-order valence-electron chi connectivity index (χ4n) is 1.53. The van der Waals surface area contributed by atoms with Crippen LogP contribution in [0.2, 0.25) is 0 Å². The Balaban J connectivity index is 2.48. The van der Waals surface area contributed by atoms with Crippen LogP contribution in [0.1, 0.15) is 20.3 Å². The molecule has 1 nitrogen and oxygen atoms in total. The maximum atomic E-state index is 12.2. The molecule has 2 atom stereocenters. The lowest BCUT2D eigenvalue weighted by Crippen LogP contribution is -2.42. The molecule has 0 aromatic carbocycles. The minimum atomic E-state index is -4.07. The van der Waals surface area contributed by atoms with E-state index in [0.29, 0.717) is 19.0 Å². The van der Waals surface area contributed by atoms with Crippen LogP contribution in [-0.4, -0.2) is 30.2 Å². The van der Waals surface area contributed by atoms with Crippen molar-refractivity contribution in [1.29, 1.82) is 0 Å². The fourth-order valence-corrected chi connectivity index (χ4v) is 1.53. The van der Waals surface area contributed by atoms with Gasteiger partial charge in [-0.25, -0.2) is 0 Å². The van der Waals surface area contributed by atoms with E-state index in [1.54, 1.807) is 0 Å². The van der Waals surface area contributed by atoms with Gasteiger partial charge in [0.05, 0.1) is 0 Å². The van der Waals surface area contributed by atoms with Gasteiger partial charge in [-0.2, -0.15) is 13.2 Å². The van der Waals surface area contributed by atoms with E-state index < -0.39 is 12.2 Å². The van der Waals surface area contributed by atoms with E-state index in [9.17, 15) is 13.2 Å². The highest BCUT2D eigenvalue weighted by Crippen LogP contribution is 2.28. The van der Waals surface area contributed by atoms with Crippen LogP contribution in [0.3, 0.4) is 0 Å². The maximum Gasteiger partial charge on any atom is 0.403 e. The number of likely N-dealkylation sites (tertiary alicyclic amines) is 1. The summed E-state index contributed by atoms with van der Waals surface area (Å²) in [7, 11) is 0. The number of halogens is 3. The second-order valence-electron chi connectivity index (χ2n) is 3.61. The molecule has 1 rings (SSSR count). The minimum absolute atomic E-state index is 0.412. The standard InChI is InChI=1S/C8H14F3N/c1-6-3-4-12(5-6)7(2)8(9,10)11/h6-7H,3-5H2,1-2H3. The molecule has 1 saturated heterocycles. The van der Waals surface area contributed by atoms with E-state index >= 15 is 0 Å². The minimum Gasteiger partial charge on any atom is -0.292 e. The van der Waals surface area contributed by atoms with Gasteiger partial charge in [-0.1, -0.05) is 6.92 Å². The molecule has 1 aliphatic heterocycles. The first-order valence-electron chi connectivity index (χ1n) is 4.22. The first kappa shape index (κ1) is 9.84. The van der Waals surface area contributed by atoms with Crippen LogP contribution in [-0.2, 0) is 0 Å². The van der Waals surface area contributed by atoms with Crippen molar-refractivity contribution in [3.63, 3.8) is 0 Å². The van der Waals surface area contributed by atoms with Crippen molar-refractivity contribution in [2.75, 3.05) is 13.1 Å². The Morgan fingerprint density at radius 3 is 2.33 bits per heavy atom. The Hall–Kier alpha value is -0.250. The zero-order valence-electron chi connectivity index (χ0n) is 7.36.